The molecule has 0 aromatic heterocycles. The highest BCUT2D eigenvalue weighted by atomic mass is 127. The fraction of sp³-hybridized carbons (Fsp3) is 0.333. The number of ether oxygens (including phenoxy) is 1. The van der Waals surface area contributed by atoms with Gasteiger partial charge in [-0.15, -0.1) is 0 Å². The molecule has 0 N–H and O–H groups in total. The summed E-state index contributed by atoms with van der Waals surface area (Å²) in [6.07, 6.45) is 0.509. The first-order valence-corrected chi connectivity index (χ1v) is 7.34. The summed E-state index contributed by atoms with van der Waals surface area (Å²) in [4.78, 5) is 25.1. The molecule has 1 aliphatic rings. The number of carbonyl (C=O) groups excluding carboxylic acids is 2. The minimum absolute atomic E-state index is 0.0978. The molecule has 1 aromatic rings. The first-order valence-electron chi connectivity index (χ1n) is 5.35. The molecule has 1 fully saturated rings. The Hall–Kier alpha value is -0.630. The lowest BCUT2D eigenvalue weighted by Gasteiger charge is -2.18. The number of methoxy groups -OCH3 is 1. The van der Waals surface area contributed by atoms with E-state index in [1.165, 1.54) is 7.11 Å². The summed E-state index contributed by atoms with van der Waals surface area (Å²) < 4.78 is 5.53. The molecule has 1 heterocycles. The Morgan fingerprint density at radius 3 is 2.78 bits per heavy atom. The molecule has 0 saturated carbocycles. The Labute approximate surface area is 127 Å². The van der Waals surface area contributed by atoms with Gasteiger partial charge in [-0.2, -0.15) is 0 Å². The molecule has 1 aromatic carbocycles. The second kappa shape index (κ2) is 5.56. The Kier molecular flexibility index (Phi) is 4.26. The van der Waals surface area contributed by atoms with Crippen LogP contribution in [-0.2, 0) is 9.53 Å². The van der Waals surface area contributed by atoms with Crippen molar-refractivity contribution >= 4 is 56.1 Å². The zero-order valence-corrected chi connectivity index (χ0v) is 13.4. The topological polar surface area (TPSA) is 46.6 Å². The lowest BCUT2D eigenvalue weighted by molar-refractivity contribution is -0.117. The third kappa shape index (κ3) is 2.69. The van der Waals surface area contributed by atoms with Crippen molar-refractivity contribution in [1.29, 1.82) is 0 Å². The maximum Gasteiger partial charge on any atom is 0.337 e. The molecule has 0 aliphatic carbocycles. The summed E-state index contributed by atoms with van der Waals surface area (Å²) >= 11 is 5.58. The van der Waals surface area contributed by atoms with E-state index < -0.39 is 0 Å². The molecule has 1 atom stereocenters. The predicted molar refractivity (Wildman–Crippen MR) is 80.2 cm³/mol. The van der Waals surface area contributed by atoms with Gasteiger partial charge >= 0.3 is 5.97 Å². The zero-order valence-electron chi connectivity index (χ0n) is 9.65. The van der Waals surface area contributed by atoms with E-state index >= 15 is 0 Å². The maximum atomic E-state index is 11.8. The van der Waals surface area contributed by atoms with Crippen LogP contribution in [0.5, 0.6) is 0 Å². The van der Waals surface area contributed by atoms with Crippen molar-refractivity contribution in [2.75, 3.05) is 18.6 Å². The first kappa shape index (κ1) is 13.8. The molecule has 1 saturated heterocycles. The molecule has 1 amide bonds. The van der Waals surface area contributed by atoms with Crippen LogP contribution in [0, 0.1) is 3.57 Å². The van der Waals surface area contributed by atoms with E-state index in [1.54, 1.807) is 23.1 Å². The van der Waals surface area contributed by atoms with Gasteiger partial charge in [0.1, 0.15) is 0 Å². The second-order valence-corrected chi connectivity index (χ2v) is 6.42. The molecule has 2 rings (SSSR count). The van der Waals surface area contributed by atoms with E-state index in [9.17, 15) is 9.59 Å². The highest BCUT2D eigenvalue weighted by Crippen LogP contribution is 2.29. The van der Waals surface area contributed by atoms with Gasteiger partial charge in [-0.1, -0.05) is 15.9 Å². The Morgan fingerprint density at radius 1 is 1.56 bits per heavy atom. The molecular formula is C12H11BrINO3. The van der Waals surface area contributed by atoms with Crippen LogP contribution in [-0.4, -0.2) is 30.4 Å². The van der Waals surface area contributed by atoms with Gasteiger partial charge in [0.2, 0.25) is 5.91 Å². The van der Waals surface area contributed by atoms with Gasteiger partial charge in [0.15, 0.2) is 0 Å². The smallest absolute Gasteiger partial charge is 0.337 e. The van der Waals surface area contributed by atoms with Crippen LogP contribution < -0.4 is 4.90 Å². The largest absolute Gasteiger partial charge is 0.465 e. The summed E-state index contributed by atoms with van der Waals surface area (Å²) in [6, 6.07) is 5.20. The standard InChI is InChI=1S/C12H11BrINO3/c1-18-12(17)7-2-3-10(9(14)4-7)15-6-8(13)5-11(15)16/h2-4,8H,5-6H2,1H3. The predicted octanol–water partition coefficient (Wildman–Crippen LogP) is 2.58. The quantitative estimate of drug-likeness (QED) is 0.417. The Bertz CT molecular complexity index is 506. The number of anilines is 1. The highest BCUT2D eigenvalue weighted by molar-refractivity contribution is 14.1. The van der Waals surface area contributed by atoms with Crippen molar-refractivity contribution in [3.05, 3.63) is 27.3 Å². The number of rotatable bonds is 2. The van der Waals surface area contributed by atoms with Crippen molar-refractivity contribution < 1.29 is 14.3 Å². The monoisotopic (exact) mass is 423 g/mol. The van der Waals surface area contributed by atoms with Gasteiger partial charge in [0, 0.05) is 21.4 Å². The maximum absolute atomic E-state index is 11.8. The molecule has 1 aliphatic heterocycles. The third-order valence-corrected chi connectivity index (χ3v) is 4.21. The molecule has 96 valence electrons. The number of halogens is 2. The summed E-state index contributed by atoms with van der Waals surface area (Å²) in [6.45, 7) is 0.659. The van der Waals surface area contributed by atoms with E-state index in [-0.39, 0.29) is 16.7 Å². The number of hydrogen-bond acceptors (Lipinski definition) is 3. The van der Waals surface area contributed by atoms with E-state index in [1.807, 2.05) is 0 Å². The fourth-order valence-corrected chi connectivity index (χ4v) is 3.24. The highest BCUT2D eigenvalue weighted by Gasteiger charge is 2.30. The summed E-state index contributed by atoms with van der Waals surface area (Å²) in [5, 5.41) is 0. The fourth-order valence-electron chi connectivity index (χ4n) is 1.87. The van der Waals surface area contributed by atoms with E-state index in [4.69, 9.17) is 0 Å². The van der Waals surface area contributed by atoms with Gasteiger partial charge in [-0.25, -0.2) is 4.79 Å². The van der Waals surface area contributed by atoms with Crippen molar-refractivity contribution in [2.45, 2.75) is 11.2 Å². The molecule has 18 heavy (non-hydrogen) atoms. The first-order chi connectivity index (χ1) is 8.52. The molecular weight excluding hydrogens is 413 g/mol. The van der Waals surface area contributed by atoms with Crippen LogP contribution in [0.2, 0.25) is 0 Å². The number of hydrogen-bond donors (Lipinski definition) is 0. The van der Waals surface area contributed by atoms with Gasteiger partial charge in [-0.3, -0.25) is 4.79 Å². The van der Waals surface area contributed by atoms with Crippen LogP contribution in [0.3, 0.4) is 0 Å². The van der Waals surface area contributed by atoms with Gasteiger partial charge < -0.3 is 9.64 Å². The minimum Gasteiger partial charge on any atom is -0.465 e. The average Bonchev–Trinajstić information content (AvgIpc) is 2.67. The van der Waals surface area contributed by atoms with Crippen LogP contribution >= 0.6 is 38.5 Å². The van der Waals surface area contributed by atoms with Gasteiger partial charge in [0.05, 0.1) is 18.4 Å². The lowest BCUT2D eigenvalue weighted by Crippen LogP contribution is -2.25. The summed E-state index contributed by atoms with van der Waals surface area (Å²) in [7, 11) is 1.35. The number of carbonyl (C=O) groups is 2. The van der Waals surface area contributed by atoms with Gasteiger partial charge in [0.25, 0.3) is 0 Å². The zero-order chi connectivity index (χ0) is 13.3. The summed E-state index contributed by atoms with van der Waals surface area (Å²) in [5.41, 5.74) is 1.34. The lowest BCUT2D eigenvalue weighted by atomic mass is 10.2. The SMILES string of the molecule is COC(=O)c1ccc(N2CC(Br)CC2=O)c(I)c1. The van der Waals surface area contributed by atoms with Crippen molar-refractivity contribution in [3.8, 4) is 0 Å². The number of amides is 1. The number of alkyl halides is 1. The van der Waals surface area contributed by atoms with E-state index in [0.717, 1.165) is 9.26 Å². The molecule has 0 bridgehead atoms. The van der Waals surface area contributed by atoms with Crippen molar-refractivity contribution in [2.24, 2.45) is 0 Å². The molecule has 0 spiro atoms. The Balaban J connectivity index is 2.30. The van der Waals surface area contributed by atoms with Crippen LogP contribution in [0.25, 0.3) is 0 Å². The van der Waals surface area contributed by atoms with Crippen molar-refractivity contribution in [3.63, 3.8) is 0 Å². The number of esters is 1. The third-order valence-electron chi connectivity index (χ3n) is 2.74. The number of nitrogens with zero attached hydrogens (tertiary/aromatic N) is 1. The average molecular weight is 424 g/mol. The van der Waals surface area contributed by atoms with Gasteiger partial charge in [-0.05, 0) is 40.8 Å². The Morgan fingerprint density at radius 2 is 2.28 bits per heavy atom. The molecule has 0 radical (unpaired) electrons. The molecule has 1 unspecified atom stereocenters. The van der Waals surface area contributed by atoms with E-state index in [2.05, 4.69) is 43.3 Å². The summed E-state index contributed by atoms with van der Waals surface area (Å²) in [5.74, 6) is -0.272. The normalized spacial score (nSPS) is 19.2. The van der Waals surface area contributed by atoms with Crippen LogP contribution in [0.15, 0.2) is 18.2 Å². The van der Waals surface area contributed by atoms with Crippen molar-refractivity contribution in [1.82, 2.24) is 0 Å². The van der Waals surface area contributed by atoms with E-state index in [0.29, 0.717) is 18.5 Å². The van der Waals surface area contributed by atoms with Crippen LogP contribution in [0.1, 0.15) is 16.8 Å². The minimum atomic E-state index is -0.370. The second-order valence-electron chi connectivity index (χ2n) is 3.96. The number of benzene rings is 1. The molecule has 4 nitrogen and oxygen atoms in total. The van der Waals surface area contributed by atoms with Crippen LogP contribution in [0.4, 0.5) is 5.69 Å². The molecule has 6 heteroatoms.